The fourth-order valence-corrected chi connectivity index (χ4v) is 1.47. The minimum atomic E-state index is 0.462. The third-order valence-corrected chi connectivity index (χ3v) is 2.51. The van der Waals surface area contributed by atoms with E-state index in [4.69, 9.17) is 4.74 Å². The fraction of sp³-hybridized carbons (Fsp3) is 1.00. The molecule has 0 aromatic rings. The lowest BCUT2D eigenvalue weighted by Crippen LogP contribution is -2.26. The summed E-state index contributed by atoms with van der Waals surface area (Å²) in [5, 5.41) is 3.15. The van der Waals surface area contributed by atoms with E-state index >= 15 is 0 Å². The van der Waals surface area contributed by atoms with Gasteiger partial charge in [-0.3, -0.25) is 0 Å². The maximum absolute atomic E-state index is 5.81. The summed E-state index contributed by atoms with van der Waals surface area (Å²) in [7, 11) is 2.00. The topological polar surface area (TPSA) is 21.3 Å². The lowest BCUT2D eigenvalue weighted by Gasteiger charge is -2.29. The minimum Gasteiger partial charge on any atom is -0.375 e. The Labute approximate surface area is 75.7 Å². The second-order valence-electron chi connectivity index (χ2n) is 3.75. The Bertz CT molecular complexity index is 112. The highest BCUT2D eigenvalue weighted by atomic mass is 16.5. The van der Waals surface area contributed by atoms with Crippen molar-refractivity contribution in [3.05, 3.63) is 0 Å². The first-order valence-corrected chi connectivity index (χ1v) is 5.13. The average Bonchev–Trinajstić information content (AvgIpc) is 1.98. The molecule has 12 heavy (non-hydrogen) atoms. The van der Waals surface area contributed by atoms with Crippen LogP contribution in [-0.2, 0) is 4.74 Å². The van der Waals surface area contributed by atoms with Crippen LogP contribution in [0.25, 0.3) is 0 Å². The summed E-state index contributed by atoms with van der Waals surface area (Å²) >= 11 is 0. The van der Waals surface area contributed by atoms with Gasteiger partial charge in [-0.1, -0.05) is 0 Å². The molecule has 72 valence electrons. The quantitative estimate of drug-likeness (QED) is 0.617. The smallest absolute Gasteiger partial charge is 0.0578 e. The van der Waals surface area contributed by atoms with Crippen molar-refractivity contribution in [3.8, 4) is 0 Å². The Morgan fingerprint density at radius 1 is 1.50 bits per heavy atom. The molecule has 0 aromatic carbocycles. The van der Waals surface area contributed by atoms with E-state index in [1.807, 2.05) is 7.05 Å². The molecule has 0 radical (unpaired) electrons. The number of hydrogen-bond acceptors (Lipinski definition) is 2. The van der Waals surface area contributed by atoms with Gasteiger partial charge in [-0.15, -0.1) is 0 Å². The highest BCUT2D eigenvalue weighted by molar-refractivity contribution is 4.70. The van der Waals surface area contributed by atoms with Crippen LogP contribution in [0.5, 0.6) is 0 Å². The van der Waals surface area contributed by atoms with Crippen LogP contribution in [0.3, 0.4) is 0 Å². The van der Waals surface area contributed by atoms with Crippen LogP contribution in [0.15, 0.2) is 0 Å². The van der Waals surface area contributed by atoms with Gasteiger partial charge in [0.05, 0.1) is 12.2 Å². The van der Waals surface area contributed by atoms with Crippen LogP contribution in [0.1, 0.15) is 39.0 Å². The Balaban J connectivity index is 1.91. The summed E-state index contributed by atoms with van der Waals surface area (Å²) in [6, 6.07) is 0. The van der Waals surface area contributed by atoms with Crippen LogP contribution in [0, 0.1) is 0 Å². The maximum atomic E-state index is 5.81. The van der Waals surface area contributed by atoms with E-state index in [1.54, 1.807) is 0 Å². The van der Waals surface area contributed by atoms with Crippen molar-refractivity contribution in [1.29, 1.82) is 0 Å². The molecule has 1 unspecified atom stereocenters. The molecule has 0 aromatic heterocycles. The van der Waals surface area contributed by atoms with Gasteiger partial charge in [-0.05, 0) is 52.6 Å². The van der Waals surface area contributed by atoms with Crippen molar-refractivity contribution in [2.75, 3.05) is 13.6 Å². The van der Waals surface area contributed by atoms with Crippen molar-refractivity contribution < 1.29 is 4.74 Å². The fourth-order valence-electron chi connectivity index (χ4n) is 1.47. The zero-order valence-electron chi connectivity index (χ0n) is 8.31. The minimum absolute atomic E-state index is 0.462. The standard InChI is InChI=1S/C10H21NO/c1-9(5-4-8-11-2)12-10-6-3-7-10/h9-11H,3-8H2,1-2H3. The molecule has 1 fully saturated rings. The van der Waals surface area contributed by atoms with Gasteiger partial charge in [-0.25, -0.2) is 0 Å². The van der Waals surface area contributed by atoms with Gasteiger partial charge in [0.25, 0.3) is 0 Å². The number of ether oxygens (including phenoxy) is 1. The molecule has 2 heteroatoms. The first kappa shape index (κ1) is 10.0. The van der Waals surface area contributed by atoms with Crippen LogP contribution < -0.4 is 5.32 Å². The van der Waals surface area contributed by atoms with E-state index in [2.05, 4.69) is 12.2 Å². The molecule has 1 saturated carbocycles. The first-order chi connectivity index (χ1) is 5.83. The van der Waals surface area contributed by atoms with E-state index in [-0.39, 0.29) is 0 Å². The Kier molecular flexibility index (Phi) is 4.62. The lowest BCUT2D eigenvalue weighted by atomic mass is 9.96. The Morgan fingerprint density at radius 3 is 2.75 bits per heavy atom. The zero-order valence-corrected chi connectivity index (χ0v) is 8.31. The molecule has 1 atom stereocenters. The third-order valence-electron chi connectivity index (χ3n) is 2.51. The molecule has 2 nitrogen and oxygen atoms in total. The van der Waals surface area contributed by atoms with E-state index in [0.717, 1.165) is 6.54 Å². The molecule has 0 spiro atoms. The van der Waals surface area contributed by atoms with E-state index < -0.39 is 0 Å². The molecule has 0 bridgehead atoms. The van der Waals surface area contributed by atoms with Gasteiger partial charge in [0.15, 0.2) is 0 Å². The van der Waals surface area contributed by atoms with E-state index in [1.165, 1.54) is 32.1 Å². The molecule has 0 saturated heterocycles. The predicted octanol–water partition coefficient (Wildman–Crippen LogP) is 1.94. The van der Waals surface area contributed by atoms with Crippen molar-refractivity contribution in [2.45, 2.75) is 51.2 Å². The van der Waals surface area contributed by atoms with Gasteiger partial charge < -0.3 is 10.1 Å². The molecule has 0 amide bonds. The van der Waals surface area contributed by atoms with Crippen LogP contribution in [-0.4, -0.2) is 25.8 Å². The molecule has 1 aliphatic carbocycles. The second kappa shape index (κ2) is 5.55. The third kappa shape index (κ3) is 3.55. The van der Waals surface area contributed by atoms with Crippen molar-refractivity contribution in [3.63, 3.8) is 0 Å². The van der Waals surface area contributed by atoms with Gasteiger partial charge in [0.1, 0.15) is 0 Å². The Hall–Kier alpha value is -0.0800. The summed E-state index contributed by atoms with van der Waals surface area (Å²) in [6.07, 6.45) is 7.42. The molecule has 0 heterocycles. The predicted molar refractivity (Wildman–Crippen MR) is 51.3 cm³/mol. The largest absolute Gasteiger partial charge is 0.375 e. The monoisotopic (exact) mass is 171 g/mol. The summed E-state index contributed by atoms with van der Waals surface area (Å²) in [5.41, 5.74) is 0. The van der Waals surface area contributed by atoms with Gasteiger partial charge in [-0.2, -0.15) is 0 Å². The highest BCUT2D eigenvalue weighted by Gasteiger charge is 2.19. The number of nitrogens with one attached hydrogen (secondary N) is 1. The van der Waals surface area contributed by atoms with Gasteiger partial charge in [0, 0.05) is 0 Å². The summed E-state index contributed by atoms with van der Waals surface area (Å²) in [4.78, 5) is 0. The van der Waals surface area contributed by atoms with E-state index in [0.29, 0.717) is 12.2 Å². The van der Waals surface area contributed by atoms with Crippen molar-refractivity contribution >= 4 is 0 Å². The molecule has 1 N–H and O–H groups in total. The second-order valence-corrected chi connectivity index (χ2v) is 3.75. The van der Waals surface area contributed by atoms with Gasteiger partial charge in [0.2, 0.25) is 0 Å². The normalized spacial score (nSPS) is 20.5. The number of rotatable bonds is 6. The van der Waals surface area contributed by atoms with Crippen LogP contribution in [0.4, 0.5) is 0 Å². The summed E-state index contributed by atoms with van der Waals surface area (Å²) in [6.45, 7) is 3.30. The van der Waals surface area contributed by atoms with Crippen LogP contribution in [0.2, 0.25) is 0 Å². The summed E-state index contributed by atoms with van der Waals surface area (Å²) in [5.74, 6) is 0. The maximum Gasteiger partial charge on any atom is 0.0578 e. The van der Waals surface area contributed by atoms with Crippen LogP contribution >= 0.6 is 0 Å². The molecule has 0 aliphatic heterocycles. The molecule has 1 rings (SSSR count). The molecular weight excluding hydrogens is 150 g/mol. The number of hydrogen-bond donors (Lipinski definition) is 1. The van der Waals surface area contributed by atoms with Crippen molar-refractivity contribution in [2.24, 2.45) is 0 Å². The lowest BCUT2D eigenvalue weighted by molar-refractivity contribution is -0.0463. The zero-order chi connectivity index (χ0) is 8.81. The summed E-state index contributed by atoms with van der Waals surface area (Å²) < 4.78 is 5.81. The SMILES string of the molecule is CNCCCC(C)OC1CCC1. The average molecular weight is 171 g/mol. The highest BCUT2D eigenvalue weighted by Crippen LogP contribution is 2.24. The van der Waals surface area contributed by atoms with Gasteiger partial charge >= 0.3 is 0 Å². The Morgan fingerprint density at radius 2 is 2.25 bits per heavy atom. The molecular formula is C10H21NO. The van der Waals surface area contributed by atoms with E-state index in [9.17, 15) is 0 Å². The first-order valence-electron chi connectivity index (χ1n) is 5.13. The van der Waals surface area contributed by atoms with Crippen molar-refractivity contribution in [1.82, 2.24) is 5.32 Å². The molecule has 1 aliphatic rings.